The largest absolute Gasteiger partial charge is 0.573 e. The number of quaternary nitrogens is 1. The molecule has 5 nitrogen and oxygen atoms in total. The minimum Gasteiger partial charge on any atom is -0.406 e. The number of rotatable bonds is 5. The third-order valence-electron chi connectivity index (χ3n) is 5.26. The molecule has 0 saturated carbocycles. The van der Waals surface area contributed by atoms with E-state index in [2.05, 4.69) is 21.9 Å². The van der Waals surface area contributed by atoms with E-state index in [1.165, 1.54) is 23.5 Å². The summed E-state index contributed by atoms with van der Waals surface area (Å²) in [5.74, 6) is 0.900. The molecule has 4 atom stereocenters. The maximum absolute atomic E-state index is 12.1. The molecule has 8 heteroatoms. The molecule has 1 aromatic rings. The van der Waals surface area contributed by atoms with Crippen LogP contribution in [0.1, 0.15) is 12.8 Å². The van der Waals surface area contributed by atoms with Crippen molar-refractivity contribution in [3.05, 3.63) is 36.9 Å². The molecule has 3 saturated heterocycles. The van der Waals surface area contributed by atoms with Crippen LogP contribution in [0.5, 0.6) is 5.75 Å². The second-order valence-electron chi connectivity index (χ2n) is 6.90. The molecule has 4 rings (SSSR count). The molecule has 0 spiro atoms. The number of nitrogens with one attached hydrogen (secondary N) is 3. The molecule has 142 valence electrons. The van der Waals surface area contributed by atoms with Crippen molar-refractivity contribution in [1.82, 2.24) is 5.32 Å². The highest BCUT2D eigenvalue weighted by molar-refractivity contribution is 5.89. The van der Waals surface area contributed by atoms with Gasteiger partial charge in [-0.25, -0.2) is 4.79 Å². The second-order valence-corrected chi connectivity index (χ2v) is 6.90. The van der Waals surface area contributed by atoms with Crippen molar-refractivity contribution in [2.24, 2.45) is 11.8 Å². The Morgan fingerprint density at radius 3 is 2.65 bits per heavy atom. The first kappa shape index (κ1) is 18.6. The first-order chi connectivity index (χ1) is 12.3. The number of urea groups is 1. The maximum atomic E-state index is 12.1. The molecule has 3 aliphatic heterocycles. The minimum absolute atomic E-state index is 0.324. The second kappa shape index (κ2) is 7.57. The summed E-state index contributed by atoms with van der Waals surface area (Å²) in [6, 6.07) is 5.09. The van der Waals surface area contributed by atoms with Crippen LogP contribution in [-0.2, 0) is 0 Å². The fourth-order valence-corrected chi connectivity index (χ4v) is 3.99. The van der Waals surface area contributed by atoms with Gasteiger partial charge in [0.05, 0.1) is 19.6 Å². The van der Waals surface area contributed by atoms with E-state index in [-0.39, 0.29) is 11.8 Å². The molecule has 3 aliphatic rings. The predicted molar refractivity (Wildman–Crippen MR) is 91.0 cm³/mol. The highest BCUT2D eigenvalue weighted by atomic mass is 19.4. The van der Waals surface area contributed by atoms with Crippen molar-refractivity contribution < 1.29 is 27.6 Å². The van der Waals surface area contributed by atoms with Gasteiger partial charge in [-0.3, -0.25) is 0 Å². The topological polar surface area (TPSA) is 54.8 Å². The Labute approximate surface area is 150 Å². The minimum atomic E-state index is -4.73. The maximum Gasteiger partial charge on any atom is 0.573 e. The SMILES string of the molecule is C=C[C@H]1C[NH+]2CC[C@H]1C[C@@H]2CNC(=O)Nc1ccc(OC(F)(F)F)cc1. The average Bonchev–Trinajstić information content (AvgIpc) is 2.61. The number of benzene rings is 1. The van der Waals surface area contributed by atoms with Gasteiger partial charge in [-0.2, -0.15) is 0 Å². The molecule has 3 fully saturated rings. The molecule has 1 unspecified atom stereocenters. The molecule has 3 N–H and O–H groups in total. The van der Waals surface area contributed by atoms with Crippen molar-refractivity contribution in [2.75, 3.05) is 25.0 Å². The summed E-state index contributed by atoms with van der Waals surface area (Å²) in [7, 11) is 0. The van der Waals surface area contributed by atoms with E-state index >= 15 is 0 Å². The van der Waals surface area contributed by atoms with Crippen LogP contribution in [-0.4, -0.2) is 38.1 Å². The summed E-state index contributed by atoms with van der Waals surface area (Å²) in [5, 5.41) is 5.49. The summed E-state index contributed by atoms with van der Waals surface area (Å²) < 4.78 is 40.2. The van der Waals surface area contributed by atoms with Crippen LogP contribution < -0.4 is 20.3 Å². The summed E-state index contributed by atoms with van der Waals surface area (Å²) in [4.78, 5) is 13.5. The highest BCUT2D eigenvalue weighted by Crippen LogP contribution is 2.27. The van der Waals surface area contributed by atoms with Gasteiger partial charge in [0.1, 0.15) is 11.8 Å². The number of anilines is 1. The number of ether oxygens (including phenoxy) is 1. The summed E-state index contributed by atoms with van der Waals surface area (Å²) in [6.07, 6.45) is -0.392. The van der Waals surface area contributed by atoms with Crippen LogP contribution in [0, 0.1) is 11.8 Å². The third kappa shape index (κ3) is 4.69. The Kier molecular flexibility index (Phi) is 5.41. The molecule has 3 heterocycles. The van der Waals surface area contributed by atoms with E-state index in [9.17, 15) is 18.0 Å². The van der Waals surface area contributed by atoms with E-state index in [0.717, 1.165) is 31.6 Å². The van der Waals surface area contributed by atoms with Crippen molar-refractivity contribution in [1.29, 1.82) is 0 Å². The van der Waals surface area contributed by atoms with E-state index in [1.54, 1.807) is 0 Å². The molecule has 0 aromatic heterocycles. The van der Waals surface area contributed by atoms with Crippen LogP contribution in [0.25, 0.3) is 0 Å². The standard InChI is InChI=1S/C18H22F3N3O2/c1-2-12-11-24-8-7-13(12)9-15(24)10-22-17(25)23-14-3-5-16(6-4-14)26-18(19,20)21/h2-6,12-13,15H,1,7-11H2,(H2,22,23,25)/p+1/t12-,13-,15+/m0/s1. The number of carbonyl (C=O) groups is 1. The first-order valence-corrected chi connectivity index (χ1v) is 8.72. The van der Waals surface area contributed by atoms with E-state index in [1.807, 2.05) is 6.08 Å². The lowest BCUT2D eigenvalue weighted by Gasteiger charge is -2.46. The zero-order valence-electron chi connectivity index (χ0n) is 14.3. The van der Waals surface area contributed by atoms with Crippen LogP contribution in [0.4, 0.5) is 23.7 Å². The van der Waals surface area contributed by atoms with Gasteiger partial charge in [0.25, 0.3) is 0 Å². The predicted octanol–water partition coefficient (Wildman–Crippen LogP) is 2.19. The first-order valence-electron chi connectivity index (χ1n) is 8.72. The molecule has 26 heavy (non-hydrogen) atoms. The van der Waals surface area contributed by atoms with Gasteiger partial charge in [0.2, 0.25) is 0 Å². The smallest absolute Gasteiger partial charge is 0.406 e. The van der Waals surface area contributed by atoms with Crippen molar-refractivity contribution in [3.8, 4) is 5.75 Å². The molecule has 0 aliphatic carbocycles. The van der Waals surface area contributed by atoms with Crippen molar-refractivity contribution in [2.45, 2.75) is 25.2 Å². The highest BCUT2D eigenvalue weighted by Gasteiger charge is 2.42. The van der Waals surface area contributed by atoms with Crippen molar-refractivity contribution in [3.63, 3.8) is 0 Å². The number of piperidine rings is 3. The van der Waals surface area contributed by atoms with E-state index in [0.29, 0.717) is 30.1 Å². The Morgan fingerprint density at radius 2 is 2.08 bits per heavy atom. The number of fused-ring (bicyclic) bond motifs is 3. The number of carbonyl (C=O) groups excluding carboxylic acids is 1. The van der Waals surface area contributed by atoms with Gasteiger partial charge in [0, 0.05) is 24.4 Å². The Balaban J connectivity index is 1.45. The van der Waals surface area contributed by atoms with E-state index < -0.39 is 6.36 Å². The van der Waals surface area contributed by atoms with Crippen LogP contribution in [0.2, 0.25) is 0 Å². The normalized spacial score (nSPS) is 27.7. The van der Waals surface area contributed by atoms with Gasteiger partial charge in [-0.15, -0.1) is 19.8 Å². The zero-order valence-corrected chi connectivity index (χ0v) is 14.3. The number of hydrogen-bond donors (Lipinski definition) is 3. The Bertz CT molecular complexity index is 648. The van der Waals surface area contributed by atoms with Gasteiger partial charge in [-0.05, 0) is 30.2 Å². The lowest BCUT2D eigenvalue weighted by atomic mass is 9.75. The summed E-state index contributed by atoms with van der Waals surface area (Å²) >= 11 is 0. The fourth-order valence-electron chi connectivity index (χ4n) is 3.99. The van der Waals surface area contributed by atoms with Crippen LogP contribution in [0.15, 0.2) is 36.9 Å². The number of hydrogen-bond acceptors (Lipinski definition) is 2. The molecule has 2 amide bonds. The van der Waals surface area contributed by atoms with E-state index in [4.69, 9.17) is 0 Å². The van der Waals surface area contributed by atoms with Gasteiger partial charge in [-0.1, -0.05) is 6.08 Å². The molecule has 2 bridgehead atoms. The molecule has 1 aromatic carbocycles. The van der Waals surface area contributed by atoms with Crippen LogP contribution in [0.3, 0.4) is 0 Å². The lowest BCUT2D eigenvalue weighted by Crippen LogP contribution is -3.20. The molecule has 0 radical (unpaired) electrons. The number of alkyl halides is 3. The lowest BCUT2D eigenvalue weighted by molar-refractivity contribution is -0.944. The molecular weight excluding hydrogens is 347 g/mol. The van der Waals surface area contributed by atoms with Gasteiger partial charge >= 0.3 is 12.4 Å². The van der Waals surface area contributed by atoms with Gasteiger partial charge < -0.3 is 20.3 Å². The fraction of sp³-hybridized carbons (Fsp3) is 0.500. The van der Waals surface area contributed by atoms with Crippen LogP contribution >= 0.6 is 0 Å². The number of amides is 2. The monoisotopic (exact) mass is 370 g/mol. The quantitative estimate of drug-likeness (QED) is 0.696. The Morgan fingerprint density at radius 1 is 1.35 bits per heavy atom. The zero-order chi connectivity index (χ0) is 18.7. The van der Waals surface area contributed by atoms with Gasteiger partial charge in [0.15, 0.2) is 0 Å². The third-order valence-corrected chi connectivity index (χ3v) is 5.26. The summed E-state index contributed by atoms with van der Waals surface area (Å²) in [5.41, 5.74) is 0.404. The molecular formula is C18H23F3N3O2+. The van der Waals surface area contributed by atoms with Crippen molar-refractivity contribution >= 4 is 11.7 Å². The Hall–Kier alpha value is -2.22. The number of halogens is 3. The average molecular weight is 370 g/mol. The summed E-state index contributed by atoms with van der Waals surface area (Å²) in [6.45, 7) is 6.69.